The second-order valence-electron chi connectivity index (χ2n) is 5.82. The molecule has 0 aromatic heterocycles. The lowest BCUT2D eigenvalue weighted by atomic mass is 10.1. The summed E-state index contributed by atoms with van der Waals surface area (Å²) in [7, 11) is 1.54. The minimum atomic E-state index is -0.494. The third kappa shape index (κ3) is 4.92. The highest BCUT2D eigenvalue weighted by Crippen LogP contribution is 2.17. The molecular formula is C21H19N3O3. The number of benzene rings is 3. The average Bonchev–Trinajstić information content (AvgIpc) is 2.68. The number of anilines is 1. The molecule has 2 N–H and O–H groups in total. The van der Waals surface area contributed by atoms with E-state index in [1.165, 1.54) is 0 Å². The predicted octanol–water partition coefficient (Wildman–Crippen LogP) is 3.33. The summed E-state index contributed by atoms with van der Waals surface area (Å²) >= 11 is 0. The lowest BCUT2D eigenvalue weighted by Gasteiger charge is -2.06. The van der Waals surface area contributed by atoms with Crippen molar-refractivity contribution in [3.8, 4) is 5.75 Å². The number of hydrogen-bond acceptors (Lipinski definition) is 4. The summed E-state index contributed by atoms with van der Waals surface area (Å²) in [6.45, 7) is 0. The molecular weight excluding hydrogens is 342 g/mol. The van der Waals surface area contributed by atoms with E-state index in [4.69, 9.17) is 4.74 Å². The predicted molar refractivity (Wildman–Crippen MR) is 106 cm³/mol. The van der Waals surface area contributed by atoms with Gasteiger partial charge in [0.15, 0.2) is 0 Å². The number of hydrogen-bond donors (Lipinski definition) is 2. The molecule has 3 aromatic carbocycles. The first-order chi connectivity index (χ1) is 13.2. The van der Waals surface area contributed by atoms with Crippen LogP contribution in [0.5, 0.6) is 5.75 Å². The Hall–Kier alpha value is -3.67. The van der Waals surface area contributed by atoms with Crippen LogP contribution in [0.2, 0.25) is 0 Å². The van der Waals surface area contributed by atoms with Crippen LogP contribution < -0.4 is 15.5 Å². The van der Waals surface area contributed by atoms with Crippen LogP contribution in [0.3, 0.4) is 0 Å². The Kier molecular flexibility index (Phi) is 5.79. The highest BCUT2D eigenvalue weighted by molar-refractivity contribution is 6.04. The van der Waals surface area contributed by atoms with Gasteiger partial charge in [0.2, 0.25) is 11.8 Å². The third-order valence-corrected chi connectivity index (χ3v) is 3.89. The maximum absolute atomic E-state index is 12.0. The van der Waals surface area contributed by atoms with Crippen LogP contribution in [0.15, 0.2) is 71.8 Å². The standard InChI is InChI=1S/C21H19N3O3/c1-27-18-10-5-9-17(12-18)23-20(25)13-21(26)24-22-14-16-8-4-7-15-6-2-3-11-19(15)16/h2-12,14H,13H2,1H3,(H,23,25)(H,24,26). The monoisotopic (exact) mass is 361 g/mol. The number of fused-ring (bicyclic) bond motifs is 1. The van der Waals surface area contributed by atoms with Gasteiger partial charge in [-0.3, -0.25) is 9.59 Å². The van der Waals surface area contributed by atoms with Crippen molar-refractivity contribution in [1.82, 2.24) is 5.43 Å². The molecule has 27 heavy (non-hydrogen) atoms. The number of carbonyl (C=O) groups excluding carboxylic acids is 2. The van der Waals surface area contributed by atoms with Crippen molar-refractivity contribution in [3.63, 3.8) is 0 Å². The zero-order valence-corrected chi connectivity index (χ0v) is 14.8. The van der Waals surface area contributed by atoms with Crippen molar-refractivity contribution < 1.29 is 14.3 Å². The number of methoxy groups -OCH3 is 1. The first kappa shape index (κ1) is 18.1. The molecule has 6 nitrogen and oxygen atoms in total. The van der Waals surface area contributed by atoms with E-state index >= 15 is 0 Å². The second-order valence-corrected chi connectivity index (χ2v) is 5.82. The smallest absolute Gasteiger partial charge is 0.249 e. The van der Waals surface area contributed by atoms with Gasteiger partial charge in [-0.05, 0) is 22.9 Å². The number of nitrogens with one attached hydrogen (secondary N) is 2. The molecule has 0 spiro atoms. The molecule has 0 aliphatic heterocycles. The van der Waals surface area contributed by atoms with E-state index in [0.29, 0.717) is 11.4 Å². The molecule has 6 heteroatoms. The van der Waals surface area contributed by atoms with Crippen LogP contribution in [0.4, 0.5) is 5.69 Å². The summed E-state index contributed by atoms with van der Waals surface area (Å²) in [6, 6.07) is 20.7. The van der Waals surface area contributed by atoms with Gasteiger partial charge in [0.25, 0.3) is 0 Å². The van der Waals surface area contributed by atoms with Gasteiger partial charge in [-0.25, -0.2) is 5.43 Å². The Morgan fingerprint density at radius 1 is 1.00 bits per heavy atom. The zero-order valence-electron chi connectivity index (χ0n) is 14.8. The van der Waals surface area contributed by atoms with E-state index in [-0.39, 0.29) is 6.42 Å². The molecule has 0 aliphatic carbocycles. The van der Waals surface area contributed by atoms with Gasteiger partial charge in [0.1, 0.15) is 12.2 Å². The summed E-state index contributed by atoms with van der Waals surface area (Å²) in [5.74, 6) is -0.301. The third-order valence-electron chi connectivity index (χ3n) is 3.89. The van der Waals surface area contributed by atoms with Crippen LogP contribution in [-0.4, -0.2) is 25.1 Å². The molecule has 2 amide bonds. The maximum atomic E-state index is 12.0. The van der Waals surface area contributed by atoms with Crippen LogP contribution in [0, 0.1) is 0 Å². The Balaban J connectivity index is 1.55. The van der Waals surface area contributed by atoms with Gasteiger partial charge in [-0.2, -0.15) is 5.10 Å². The number of nitrogens with zero attached hydrogens (tertiary/aromatic N) is 1. The second kappa shape index (κ2) is 8.62. The Labute approximate surface area is 156 Å². The molecule has 3 rings (SSSR count). The van der Waals surface area contributed by atoms with Crippen molar-refractivity contribution in [2.24, 2.45) is 5.10 Å². The SMILES string of the molecule is COc1cccc(NC(=O)CC(=O)NN=Cc2cccc3ccccc23)c1. The summed E-state index contributed by atoms with van der Waals surface area (Å²) < 4.78 is 5.09. The fraction of sp³-hybridized carbons (Fsp3) is 0.0952. The summed E-state index contributed by atoms with van der Waals surface area (Å²) in [5.41, 5.74) is 3.83. The van der Waals surface area contributed by atoms with E-state index in [1.54, 1.807) is 37.6 Å². The number of rotatable bonds is 6. The summed E-state index contributed by atoms with van der Waals surface area (Å²) in [6.07, 6.45) is 1.24. The van der Waals surface area contributed by atoms with Crippen LogP contribution >= 0.6 is 0 Å². The number of carbonyl (C=O) groups is 2. The van der Waals surface area contributed by atoms with Crippen molar-refractivity contribution in [2.75, 3.05) is 12.4 Å². The van der Waals surface area contributed by atoms with E-state index in [9.17, 15) is 9.59 Å². The average molecular weight is 361 g/mol. The Bertz CT molecular complexity index is 993. The molecule has 0 bridgehead atoms. The van der Waals surface area contributed by atoms with Gasteiger partial charge in [0, 0.05) is 17.3 Å². The Morgan fingerprint density at radius 3 is 2.63 bits per heavy atom. The van der Waals surface area contributed by atoms with E-state index in [1.807, 2.05) is 42.5 Å². The molecule has 0 unspecified atom stereocenters. The number of hydrazone groups is 1. The van der Waals surface area contributed by atoms with Crippen molar-refractivity contribution in [2.45, 2.75) is 6.42 Å². The summed E-state index contributed by atoms with van der Waals surface area (Å²) in [5, 5.41) is 8.73. The molecule has 0 fully saturated rings. The first-order valence-corrected chi connectivity index (χ1v) is 8.39. The van der Waals surface area contributed by atoms with Gasteiger partial charge in [0.05, 0.1) is 13.3 Å². The van der Waals surface area contributed by atoms with Crippen molar-refractivity contribution in [1.29, 1.82) is 0 Å². The minimum absolute atomic E-state index is 0.329. The first-order valence-electron chi connectivity index (χ1n) is 8.39. The number of amides is 2. The Morgan fingerprint density at radius 2 is 1.78 bits per heavy atom. The van der Waals surface area contributed by atoms with Crippen molar-refractivity contribution >= 4 is 34.5 Å². The molecule has 0 atom stereocenters. The molecule has 0 saturated heterocycles. The van der Waals surface area contributed by atoms with E-state index in [0.717, 1.165) is 16.3 Å². The van der Waals surface area contributed by atoms with Crippen molar-refractivity contribution in [3.05, 3.63) is 72.3 Å². The highest BCUT2D eigenvalue weighted by Gasteiger charge is 2.09. The molecule has 3 aromatic rings. The fourth-order valence-electron chi connectivity index (χ4n) is 2.63. The minimum Gasteiger partial charge on any atom is -0.497 e. The normalized spacial score (nSPS) is 10.7. The van der Waals surface area contributed by atoms with Gasteiger partial charge in [-0.1, -0.05) is 48.5 Å². The molecule has 0 radical (unpaired) electrons. The molecule has 136 valence electrons. The fourth-order valence-corrected chi connectivity index (χ4v) is 2.63. The van der Waals surface area contributed by atoms with Crippen LogP contribution in [0.25, 0.3) is 10.8 Å². The molecule has 0 aliphatic rings. The molecule has 0 saturated carbocycles. The zero-order chi connectivity index (χ0) is 19.1. The van der Waals surface area contributed by atoms with Crippen LogP contribution in [-0.2, 0) is 9.59 Å². The maximum Gasteiger partial charge on any atom is 0.249 e. The topological polar surface area (TPSA) is 79.8 Å². The van der Waals surface area contributed by atoms with Gasteiger partial charge >= 0.3 is 0 Å². The quantitative estimate of drug-likeness (QED) is 0.401. The van der Waals surface area contributed by atoms with E-state index in [2.05, 4.69) is 15.8 Å². The van der Waals surface area contributed by atoms with Gasteiger partial charge in [-0.15, -0.1) is 0 Å². The number of ether oxygens (including phenoxy) is 1. The summed E-state index contributed by atoms with van der Waals surface area (Å²) in [4.78, 5) is 23.9. The van der Waals surface area contributed by atoms with E-state index < -0.39 is 11.8 Å². The lowest BCUT2D eigenvalue weighted by Crippen LogP contribution is -2.24. The van der Waals surface area contributed by atoms with Crippen LogP contribution in [0.1, 0.15) is 12.0 Å². The highest BCUT2D eigenvalue weighted by atomic mass is 16.5. The largest absolute Gasteiger partial charge is 0.497 e. The lowest BCUT2D eigenvalue weighted by molar-refractivity contribution is -0.126. The molecule has 0 heterocycles. The van der Waals surface area contributed by atoms with Gasteiger partial charge < -0.3 is 10.1 Å².